The highest BCUT2D eigenvalue weighted by atomic mass is 32.2. The summed E-state index contributed by atoms with van der Waals surface area (Å²) in [5.74, 6) is 0.277. The zero-order valence-corrected chi connectivity index (χ0v) is 19.0. The summed E-state index contributed by atoms with van der Waals surface area (Å²) in [6, 6.07) is 15.5. The number of carbonyl (C=O) groups is 2. The molecule has 0 spiro atoms. The van der Waals surface area contributed by atoms with Crippen molar-refractivity contribution in [2.75, 3.05) is 42.1 Å². The van der Waals surface area contributed by atoms with E-state index in [2.05, 4.69) is 20.4 Å². The number of piperazine rings is 1. The van der Waals surface area contributed by atoms with E-state index in [0.717, 1.165) is 35.6 Å². The van der Waals surface area contributed by atoms with E-state index in [1.807, 2.05) is 67.4 Å². The van der Waals surface area contributed by atoms with Crippen molar-refractivity contribution in [1.29, 1.82) is 0 Å². The third-order valence-corrected chi connectivity index (χ3v) is 6.50. The number of hydrogen-bond donors (Lipinski definition) is 1. The van der Waals surface area contributed by atoms with Gasteiger partial charge in [-0.3, -0.25) is 9.59 Å². The van der Waals surface area contributed by atoms with Crippen molar-refractivity contribution in [3.8, 4) is 0 Å². The molecule has 1 aromatic heterocycles. The van der Waals surface area contributed by atoms with Gasteiger partial charge >= 0.3 is 0 Å². The van der Waals surface area contributed by atoms with E-state index in [1.54, 1.807) is 10.9 Å². The Morgan fingerprint density at radius 2 is 1.75 bits per heavy atom. The van der Waals surface area contributed by atoms with E-state index in [0.29, 0.717) is 18.2 Å². The Balaban J connectivity index is 1.27. The summed E-state index contributed by atoms with van der Waals surface area (Å²) in [6.07, 6.45) is 1.61. The molecule has 166 valence electrons. The van der Waals surface area contributed by atoms with Gasteiger partial charge in [-0.05, 0) is 42.8 Å². The summed E-state index contributed by atoms with van der Waals surface area (Å²) in [5, 5.41) is 11.4. The van der Waals surface area contributed by atoms with Gasteiger partial charge in [-0.2, -0.15) is 0 Å². The van der Waals surface area contributed by atoms with Gasteiger partial charge in [0.2, 0.25) is 5.91 Å². The summed E-state index contributed by atoms with van der Waals surface area (Å²) in [5.41, 5.74) is 3.62. The average Bonchev–Trinajstić information content (AvgIpc) is 3.23. The second-order valence-electron chi connectivity index (χ2n) is 7.70. The Bertz CT molecular complexity index is 1090. The SMILES string of the molecule is Cc1ccccc1C(=O)N1CCN(c2ccc(NC(=O)CSc3nncn3C)cc2)CC1. The van der Waals surface area contributed by atoms with Crippen LogP contribution in [-0.2, 0) is 11.8 Å². The van der Waals surface area contributed by atoms with Gasteiger partial charge in [-0.1, -0.05) is 30.0 Å². The fraction of sp³-hybridized carbons (Fsp3) is 0.304. The zero-order chi connectivity index (χ0) is 22.5. The highest BCUT2D eigenvalue weighted by Crippen LogP contribution is 2.21. The molecule has 1 aliphatic rings. The van der Waals surface area contributed by atoms with Gasteiger partial charge < -0.3 is 19.7 Å². The van der Waals surface area contributed by atoms with E-state index in [9.17, 15) is 9.59 Å². The quantitative estimate of drug-likeness (QED) is 0.582. The second kappa shape index (κ2) is 9.86. The molecule has 0 bridgehead atoms. The third-order valence-electron chi connectivity index (χ3n) is 5.46. The molecule has 1 aliphatic heterocycles. The molecular weight excluding hydrogens is 424 g/mol. The van der Waals surface area contributed by atoms with Crippen LogP contribution in [0.5, 0.6) is 0 Å². The Kier molecular flexibility index (Phi) is 6.75. The maximum atomic E-state index is 12.8. The van der Waals surface area contributed by atoms with Crippen molar-refractivity contribution in [3.05, 3.63) is 66.0 Å². The summed E-state index contributed by atoms with van der Waals surface area (Å²) in [7, 11) is 1.84. The zero-order valence-electron chi connectivity index (χ0n) is 18.2. The van der Waals surface area contributed by atoms with E-state index < -0.39 is 0 Å². The van der Waals surface area contributed by atoms with Crippen LogP contribution in [0.3, 0.4) is 0 Å². The van der Waals surface area contributed by atoms with Crippen LogP contribution in [0.25, 0.3) is 0 Å². The molecule has 0 saturated carbocycles. The molecule has 2 aromatic carbocycles. The third kappa shape index (κ3) is 5.11. The Morgan fingerprint density at radius 1 is 1.03 bits per heavy atom. The molecule has 9 heteroatoms. The highest BCUT2D eigenvalue weighted by molar-refractivity contribution is 7.99. The fourth-order valence-corrected chi connectivity index (χ4v) is 4.32. The van der Waals surface area contributed by atoms with Crippen molar-refractivity contribution in [2.45, 2.75) is 12.1 Å². The van der Waals surface area contributed by atoms with Crippen molar-refractivity contribution in [2.24, 2.45) is 7.05 Å². The van der Waals surface area contributed by atoms with Crippen LogP contribution < -0.4 is 10.2 Å². The first-order valence-electron chi connectivity index (χ1n) is 10.5. The Hall–Kier alpha value is -3.33. The smallest absolute Gasteiger partial charge is 0.254 e. The Morgan fingerprint density at radius 3 is 2.41 bits per heavy atom. The maximum absolute atomic E-state index is 12.8. The highest BCUT2D eigenvalue weighted by Gasteiger charge is 2.23. The number of benzene rings is 2. The minimum absolute atomic E-state index is 0.0888. The largest absolute Gasteiger partial charge is 0.368 e. The van der Waals surface area contributed by atoms with E-state index in [-0.39, 0.29) is 17.6 Å². The molecule has 1 N–H and O–H groups in total. The number of carbonyl (C=O) groups excluding carboxylic acids is 2. The van der Waals surface area contributed by atoms with E-state index >= 15 is 0 Å². The predicted octanol–water partition coefficient (Wildman–Crippen LogP) is 2.82. The lowest BCUT2D eigenvalue weighted by molar-refractivity contribution is -0.113. The number of nitrogens with one attached hydrogen (secondary N) is 1. The summed E-state index contributed by atoms with van der Waals surface area (Å²) in [4.78, 5) is 29.2. The number of aromatic nitrogens is 3. The van der Waals surface area contributed by atoms with Crippen molar-refractivity contribution >= 4 is 35.0 Å². The van der Waals surface area contributed by atoms with Crippen LogP contribution in [0.2, 0.25) is 0 Å². The summed E-state index contributed by atoms with van der Waals surface area (Å²) < 4.78 is 1.78. The van der Waals surface area contributed by atoms with E-state index in [1.165, 1.54) is 11.8 Å². The summed E-state index contributed by atoms with van der Waals surface area (Å²) in [6.45, 7) is 4.89. The first-order valence-corrected chi connectivity index (χ1v) is 11.5. The lowest BCUT2D eigenvalue weighted by atomic mass is 10.1. The van der Waals surface area contributed by atoms with Gasteiger partial charge in [0.05, 0.1) is 5.75 Å². The molecule has 2 heterocycles. The van der Waals surface area contributed by atoms with Crippen molar-refractivity contribution < 1.29 is 9.59 Å². The van der Waals surface area contributed by atoms with Crippen LogP contribution in [-0.4, -0.2) is 63.4 Å². The van der Waals surface area contributed by atoms with Crippen LogP contribution in [0.1, 0.15) is 15.9 Å². The van der Waals surface area contributed by atoms with Crippen LogP contribution in [0, 0.1) is 6.92 Å². The number of hydrogen-bond acceptors (Lipinski definition) is 6. The van der Waals surface area contributed by atoms with Gasteiger partial charge in [0.25, 0.3) is 5.91 Å². The molecule has 8 nitrogen and oxygen atoms in total. The van der Waals surface area contributed by atoms with Gasteiger partial charge in [-0.25, -0.2) is 0 Å². The van der Waals surface area contributed by atoms with Crippen LogP contribution in [0.15, 0.2) is 60.0 Å². The number of anilines is 2. The standard InChI is InChI=1S/C23H26N6O2S/c1-17-5-3-4-6-20(17)22(31)29-13-11-28(12-14-29)19-9-7-18(8-10-19)25-21(30)15-32-23-26-24-16-27(23)2/h3-10,16H,11-15H2,1-2H3,(H,25,30). The predicted molar refractivity (Wildman–Crippen MR) is 126 cm³/mol. The fourth-order valence-electron chi connectivity index (χ4n) is 3.64. The number of rotatable bonds is 6. The molecular formula is C23H26N6O2S. The molecule has 0 unspecified atom stereocenters. The number of nitrogens with zero attached hydrogens (tertiary/aromatic N) is 5. The molecule has 0 atom stereocenters. The van der Waals surface area contributed by atoms with Gasteiger partial charge in [-0.15, -0.1) is 10.2 Å². The first kappa shape index (κ1) is 21.9. The lowest BCUT2D eigenvalue weighted by Gasteiger charge is -2.36. The Labute approximate surface area is 191 Å². The van der Waals surface area contributed by atoms with E-state index in [4.69, 9.17) is 0 Å². The first-order chi connectivity index (χ1) is 15.5. The van der Waals surface area contributed by atoms with Gasteiger partial charge in [0.15, 0.2) is 5.16 Å². The van der Waals surface area contributed by atoms with Crippen molar-refractivity contribution in [1.82, 2.24) is 19.7 Å². The van der Waals surface area contributed by atoms with Gasteiger partial charge in [0.1, 0.15) is 6.33 Å². The average molecular weight is 451 g/mol. The molecule has 32 heavy (non-hydrogen) atoms. The lowest BCUT2D eigenvalue weighted by Crippen LogP contribution is -2.48. The molecule has 3 aromatic rings. The van der Waals surface area contributed by atoms with Crippen LogP contribution in [0.4, 0.5) is 11.4 Å². The number of aryl methyl sites for hydroxylation is 2. The monoisotopic (exact) mass is 450 g/mol. The summed E-state index contributed by atoms with van der Waals surface area (Å²) >= 11 is 1.35. The maximum Gasteiger partial charge on any atom is 0.254 e. The molecule has 0 aliphatic carbocycles. The molecule has 1 fully saturated rings. The molecule has 4 rings (SSSR count). The second-order valence-corrected chi connectivity index (χ2v) is 8.64. The van der Waals surface area contributed by atoms with Crippen molar-refractivity contribution in [3.63, 3.8) is 0 Å². The molecule has 2 amide bonds. The van der Waals surface area contributed by atoms with Crippen LogP contribution >= 0.6 is 11.8 Å². The topological polar surface area (TPSA) is 83.4 Å². The molecule has 0 radical (unpaired) electrons. The number of amides is 2. The minimum Gasteiger partial charge on any atom is -0.368 e. The van der Waals surface area contributed by atoms with Gasteiger partial charge in [0, 0.05) is 50.2 Å². The minimum atomic E-state index is -0.0888. The normalized spacial score (nSPS) is 13.8. The molecule has 1 saturated heterocycles. The number of thioether (sulfide) groups is 1.